The molecule has 0 aliphatic carbocycles. The number of hydrogen-bond donors (Lipinski definition) is 4. The lowest BCUT2D eigenvalue weighted by atomic mass is 10.2. The number of halogens is 1. The number of aromatic amines is 2. The van der Waals surface area contributed by atoms with Gasteiger partial charge in [-0.3, -0.25) is 9.89 Å². The Labute approximate surface area is 201 Å². The molecule has 1 aliphatic rings. The van der Waals surface area contributed by atoms with Gasteiger partial charge in [-0.15, -0.1) is 0 Å². The number of fused-ring (bicyclic) bond motifs is 1. The third-order valence-corrected chi connectivity index (χ3v) is 5.28. The number of aryl methyl sites for hydroxylation is 1. The number of aliphatic imine (C=N–C) groups is 2. The van der Waals surface area contributed by atoms with Crippen LogP contribution < -0.4 is 15.4 Å². The molecule has 1 aliphatic heterocycles. The summed E-state index contributed by atoms with van der Waals surface area (Å²) in [5.41, 5.74) is 2.38. The Morgan fingerprint density at radius 1 is 1.40 bits per heavy atom. The number of hydrogen-bond acceptors (Lipinski definition) is 6. The number of piperazine rings is 1. The van der Waals surface area contributed by atoms with Crippen molar-refractivity contribution in [1.82, 2.24) is 25.4 Å². The number of benzene rings is 1. The van der Waals surface area contributed by atoms with Gasteiger partial charge in [0.2, 0.25) is 5.91 Å². The maximum Gasteiger partial charge on any atom is 0.239 e. The number of nitrogens with zero attached hydrogens (tertiary/aromatic N) is 4. The van der Waals surface area contributed by atoms with Crippen LogP contribution in [-0.2, 0) is 4.79 Å². The number of rotatable bonds is 8. The molecular formula is C24H27FN8O2. The fraction of sp³-hybridized carbons (Fsp3) is 0.250. The van der Waals surface area contributed by atoms with Crippen molar-refractivity contribution in [1.29, 1.82) is 0 Å². The minimum absolute atomic E-state index is 0.0909. The molecule has 0 radical (unpaired) electrons. The molecule has 1 fully saturated rings. The van der Waals surface area contributed by atoms with E-state index in [0.29, 0.717) is 41.5 Å². The molecule has 1 amide bonds. The van der Waals surface area contributed by atoms with Gasteiger partial charge in [0, 0.05) is 41.8 Å². The summed E-state index contributed by atoms with van der Waals surface area (Å²) in [4.78, 5) is 25.4. The zero-order valence-electron chi connectivity index (χ0n) is 19.6. The summed E-state index contributed by atoms with van der Waals surface area (Å²) in [7, 11) is 0. The highest BCUT2D eigenvalue weighted by molar-refractivity contribution is 5.97. The number of amidine groups is 1. The van der Waals surface area contributed by atoms with E-state index in [4.69, 9.17) is 4.74 Å². The molecule has 182 valence electrons. The van der Waals surface area contributed by atoms with E-state index in [1.807, 2.05) is 32.1 Å². The summed E-state index contributed by atoms with van der Waals surface area (Å²) in [5, 5.41) is 13.4. The van der Waals surface area contributed by atoms with Crippen LogP contribution in [-0.4, -0.2) is 64.9 Å². The molecule has 3 heterocycles. The van der Waals surface area contributed by atoms with E-state index in [0.717, 1.165) is 11.4 Å². The maximum atomic E-state index is 14.9. The van der Waals surface area contributed by atoms with Crippen LogP contribution in [0.15, 0.2) is 52.2 Å². The fourth-order valence-electron chi connectivity index (χ4n) is 3.68. The van der Waals surface area contributed by atoms with Crippen LogP contribution in [0.25, 0.3) is 17.0 Å². The van der Waals surface area contributed by atoms with Crippen LogP contribution >= 0.6 is 0 Å². The minimum atomic E-state index is -0.456. The Kier molecular flexibility index (Phi) is 7.24. The van der Waals surface area contributed by atoms with Crippen molar-refractivity contribution in [3.63, 3.8) is 0 Å². The van der Waals surface area contributed by atoms with Crippen molar-refractivity contribution in [3.8, 4) is 5.75 Å². The number of allylic oxidation sites excluding steroid dienone is 1. The molecule has 0 unspecified atom stereocenters. The highest BCUT2D eigenvalue weighted by Crippen LogP contribution is 2.27. The summed E-state index contributed by atoms with van der Waals surface area (Å²) in [6.45, 7) is 8.37. The highest BCUT2D eigenvalue weighted by atomic mass is 19.1. The van der Waals surface area contributed by atoms with Gasteiger partial charge in [0.15, 0.2) is 24.1 Å². The second-order valence-corrected chi connectivity index (χ2v) is 7.87. The van der Waals surface area contributed by atoms with Gasteiger partial charge in [-0.05, 0) is 44.8 Å². The van der Waals surface area contributed by atoms with E-state index in [1.54, 1.807) is 29.2 Å². The van der Waals surface area contributed by atoms with Crippen molar-refractivity contribution >= 4 is 41.3 Å². The van der Waals surface area contributed by atoms with E-state index >= 15 is 0 Å². The van der Waals surface area contributed by atoms with Crippen molar-refractivity contribution < 1.29 is 13.9 Å². The predicted molar refractivity (Wildman–Crippen MR) is 135 cm³/mol. The molecule has 2 aromatic heterocycles. The van der Waals surface area contributed by atoms with Crippen LogP contribution in [0, 0.1) is 12.7 Å². The van der Waals surface area contributed by atoms with Gasteiger partial charge in [0.05, 0.1) is 12.2 Å². The first-order chi connectivity index (χ1) is 17.0. The van der Waals surface area contributed by atoms with Crippen molar-refractivity contribution in [2.75, 3.05) is 31.7 Å². The van der Waals surface area contributed by atoms with Crippen molar-refractivity contribution in [2.45, 2.75) is 13.8 Å². The largest absolute Gasteiger partial charge is 0.468 e. The molecule has 4 rings (SSSR count). The third kappa shape index (κ3) is 5.75. The van der Waals surface area contributed by atoms with Gasteiger partial charge in [-0.1, -0.05) is 6.08 Å². The SMILES string of the molecule is C=N/C(=C\C(=N/COc1ccc2[nH]c(C)cc2c1F)N1CCNC(=O)C1)Nc1cc(/C=C/C)[nH]n1. The lowest BCUT2D eigenvalue weighted by Gasteiger charge is -2.28. The van der Waals surface area contributed by atoms with E-state index in [-0.39, 0.29) is 24.9 Å². The zero-order valence-corrected chi connectivity index (χ0v) is 19.6. The van der Waals surface area contributed by atoms with Gasteiger partial charge in [0.1, 0.15) is 11.7 Å². The molecule has 0 saturated carbocycles. The molecule has 0 atom stereocenters. The second-order valence-electron chi connectivity index (χ2n) is 7.87. The molecule has 0 spiro atoms. The number of aromatic nitrogens is 3. The molecule has 35 heavy (non-hydrogen) atoms. The molecule has 3 aromatic rings. The first-order valence-electron chi connectivity index (χ1n) is 11.1. The molecule has 0 bridgehead atoms. The van der Waals surface area contributed by atoms with Crippen molar-refractivity contribution in [3.05, 3.63) is 59.4 Å². The summed E-state index contributed by atoms with van der Waals surface area (Å²) >= 11 is 0. The molecular weight excluding hydrogens is 451 g/mol. The van der Waals surface area contributed by atoms with Crippen LogP contribution in [0.3, 0.4) is 0 Å². The molecule has 11 heteroatoms. The van der Waals surface area contributed by atoms with Gasteiger partial charge in [0.25, 0.3) is 0 Å². The summed E-state index contributed by atoms with van der Waals surface area (Å²) < 4.78 is 20.5. The number of carbonyl (C=O) groups is 1. The van der Waals surface area contributed by atoms with E-state index < -0.39 is 5.82 Å². The third-order valence-electron chi connectivity index (χ3n) is 5.28. The topological polar surface area (TPSA) is 123 Å². The van der Waals surface area contributed by atoms with Crippen LogP contribution in [0.1, 0.15) is 18.3 Å². The zero-order chi connectivity index (χ0) is 24.8. The van der Waals surface area contributed by atoms with Crippen molar-refractivity contribution in [2.24, 2.45) is 9.98 Å². The van der Waals surface area contributed by atoms with Crippen LogP contribution in [0.5, 0.6) is 5.75 Å². The number of ether oxygens (including phenoxy) is 1. The Morgan fingerprint density at radius 2 is 2.26 bits per heavy atom. The normalized spacial score (nSPS) is 15.1. The Morgan fingerprint density at radius 3 is 3.03 bits per heavy atom. The molecule has 1 aromatic carbocycles. The van der Waals surface area contributed by atoms with Gasteiger partial charge in [-0.25, -0.2) is 14.4 Å². The smallest absolute Gasteiger partial charge is 0.239 e. The van der Waals surface area contributed by atoms with E-state index in [1.165, 1.54) is 0 Å². The van der Waals surface area contributed by atoms with E-state index in [2.05, 4.69) is 42.5 Å². The van der Waals surface area contributed by atoms with Gasteiger partial charge < -0.3 is 25.3 Å². The summed E-state index contributed by atoms with van der Waals surface area (Å²) in [6, 6.07) is 6.86. The molecule has 1 saturated heterocycles. The summed E-state index contributed by atoms with van der Waals surface area (Å²) in [6.07, 6.45) is 5.42. The summed E-state index contributed by atoms with van der Waals surface area (Å²) in [5.74, 6) is 0.875. The maximum absolute atomic E-state index is 14.9. The average molecular weight is 479 g/mol. The number of carbonyl (C=O) groups excluding carboxylic acids is 1. The van der Waals surface area contributed by atoms with Gasteiger partial charge in [-0.2, -0.15) is 5.10 Å². The lowest BCUT2D eigenvalue weighted by molar-refractivity contribution is -0.122. The Balaban J connectivity index is 1.56. The quantitative estimate of drug-likeness (QED) is 0.293. The number of nitrogens with one attached hydrogen (secondary N) is 4. The van der Waals surface area contributed by atoms with Gasteiger partial charge >= 0.3 is 0 Å². The Bertz CT molecular complexity index is 1320. The molecule has 10 nitrogen and oxygen atoms in total. The minimum Gasteiger partial charge on any atom is -0.468 e. The highest BCUT2D eigenvalue weighted by Gasteiger charge is 2.19. The Hall–Kier alpha value is -4.41. The standard InChI is InChI=1S/C24H27FN8O2/c1-4-5-16-11-21(32-31-16)30-20(26-3)12-22(33-9-8-27-23(34)13-33)28-14-35-19-7-6-18-17(24(19)25)10-15(2)29-18/h4-7,10-12,29H,3,8-9,13-14H2,1-2H3,(H,27,34)(H2,30,31,32)/b5-4+,20-12+,28-22+. The number of amides is 1. The monoisotopic (exact) mass is 478 g/mol. The second kappa shape index (κ2) is 10.7. The lowest BCUT2D eigenvalue weighted by Crippen LogP contribution is -2.49. The van der Waals surface area contributed by atoms with E-state index in [9.17, 15) is 9.18 Å². The number of H-pyrrole nitrogens is 2. The van der Waals surface area contributed by atoms with Crippen LogP contribution in [0.2, 0.25) is 0 Å². The first kappa shape index (κ1) is 23.7. The first-order valence-corrected chi connectivity index (χ1v) is 11.1. The molecule has 4 N–H and O–H groups in total. The van der Waals surface area contributed by atoms with Crippen LogP contribution in [0.4, 0.5) is 10.2 Å². The average Bonchev–Trinajstić information content (AvgIpc) is 3.45. The predicted octanol–water partition coefficient (Wildman–Crippen LogP) is 3.19. The fourth-order valence-corrected chi connectivity index (χ4v) is 3.68. The number of anilines is 1.